The van der Waals surface area contributed by atoms with Crippen molar-refractivity contribution in [1.82, 2.24) is 0 Å². The van der Waals surface area contributed by atoms with Crippen LogP contribution in [0, 0.1) is 12.7 Å². The van der Waals surface area contributed by atoms with Crippen LogP contribution in [0.4, 0.5) is 4.39 Å². The molecule has 0 unspecified atom stereocenters. The Morgan fingerprint density at radius 1 is 1.03 bits per heavy atom. The topological polar surface area (TPSA) is 65.7 Å². The lowest BCUT2D eigenvalue weighted by Crippen LogP contribution is -2.28. The summed E-state index contributed by atoms with van der Waals surface area (Å²) >= 11 is 0.937. The summed E-state index contributed by atoms with van der Waals surface area (Å²) in [6.45, 7) is 3.52. The van der Waals surface area contributed by atoms with E-state index in [1.165, 1.54) is 24.3 Å². The van der Waals surface area contributed by atoms with Gasteiger partial charge in [-0.3, -0.25) is 0 Å². The van der Waals surface area contributed by atoms with Gasteiger partial charge in [-0.1, -0.05) is 41.2 Å². The van der Waals surface area contributed by atoms with E-state index in [0.29, 0.717) is 21.6 Å². The predicted octanol–water partition coefficient (Wildman–Crippen LogP) is 5.34. The van der Waals surface area contributed by atoms with Crippen LogP contribution >= 0.6 is 11.3 Å². The highest BCUT2D eigenvalue weighted by atomic mass is 32.1. The third kappa shape index (κ3) is 4.26. The van der Waals surface area contributed by atoms with Gasteiger partial charge in [0.1, 0.15) is 17.3 Å². The van der Waals surface area contributed by atoms with E-state index in [1.54, 1.807) is 19.1 Å². The molecule has 4 aromatic rings. The van der Waals surface area contributed by atoms with E-state index in [-0.39, 0.29) is 5.75 Å². The molecular formula is C23H17FO5S. The minimum atomic E-state index is -0.919. The summed E-state index contributed by atoms with van der Waals surface area (Å²) in [5.74, 6) is -0.391. The largest absolute Gasteiger partial charge is 0.479 e. The second-order valence-electron chi connectivity index (χ2n) is 6.75. The van der Waals surface area contributed by atoms with Crippen molar-refractivity contribution in [3.05, 3.63) is 81.8 Å². The van der Waals surface area contributed by atoms with Crippen molar-refractivity contribution in [2.24, 2.45) is 0 Å². The van der Waals surface area contributed by atoms with Crippen LogP contribution in [0.25, 0.3) is 21.4 Å². The lowest BCUT2D eigenvalue weighted by atomic mass is 10.0. The molecule has 5 nitrogen and oxygen atoms in total. The predicted molar refractivity (Wildman–Crippen MR) is 113 cm³/mol. The van der Waals surface area contributed by atoms with Crippen LogP contribution in [0.2, 0.25) is 0 Å². The standard InChI is InChI=1S/C23H17FO5S/c1-13-3-5-15(6-4-13)19-11-18(12-20-21(19)29-23(26)30-20)28-22(25)14(2)27-17-9-7-16(24)8-10-17/h3-12,14H,1-2H3/t14-/m0/s1. The molecule has 0 aliphatic rings. The van der Waals surface area contributed by atoms with Crippen LogP contribution < -0.4 is 14.4 Å². The molecule has 1 atom stereocenters. The van der Waals surface area contributed by atoms with Gasteiger partial charge < -0.3 is 13.9 Å². The van der Waals surface area contributed by atoms with E-state index in [0.717, 1.165) is 22.5 Å². The Bertz CT molecular complexity index is 1260. The van der Waals surface area contributed by atoms with Gasteiger partial charge in [0.15, 0.2) is 11.7 Å². The van der Waals surface area contributed by atoms with E-state index >= 15 is 0 Å². The Hall–Kier alpha value is -3.45. The number of hydrogen-bond acceptors (Lipinski definition) is 6. The van der Waals surface area contributed by atoms with Crippen LogP contribution in [0.3, 0.4) is 0 Å². The second kappa shape index (κ2) is 8.12. The number of benzene rings is 3. The molecule has 0 aliphatic carbocycles. The van der Waals surface area contributed by atoms with Gasteiger partial charge in [0.25, 0.3) is 0 Å². The van der Waals surface area contributed by atoms with E-state index < -0.39 is 22.8 Å². The molecule has 0 spiro atoms. The van der Waals surface area contributed by atoms with Crippen molar-refractivity contribution in [2.45, 2.75) is 20.0 Å². The highest BCUT2D eigenvalue weighted by Crippen LogP contribution is 2.34. The van der Waals surface area contributed by atoms with Crippen molar-refractivity contribution in [3.8, 4) is 22.6 Å². The molecule has 0 bridgehead atoms. The van der Waals surface area contributed by atoms with Crippen LogP contribution in [-0.4, -0.2) is 12.1 Å². The smallest absolute Gasteiger partial charge is 0.396 e. The fraction of sp³-hybridized carbons (Fsp3) is 0.130. The van der Waals surface area contributed by atoms with Crippen molar-refractivity contribution in [1.29, 1.82) is 0 Å². The molecule has 30 heavy (non-hydrogen) atoms. The molecule has 0 saturated carbocycles. The van der Waals surface area contributed by atoms with Gasteiger partial charge in [0, 0.05) is 11.6 Å². The number of rotatable bonds is 5. The van der Waals surface area contributed by atoms with Gasteiger partial charge >= 0.3 is 10.9 Å². The minimum absolute atomic E-state index is 0.273. The Labute approximate surface area is 175 Å². The van der Waals surface area contributed by atoms with Gasteiger partial charge in [-0.15, -0.1) is 0 Å². The average Bonchev–Trinajstić information content (AvgIpc) is 3.09. The maximum absolute atomic E-state index is 13.0. The monoisotopic (exact) mass is 424 g/mol. The number of halogens is 1. The fourth-order valence-corrected chi connectivity index (χ4v) is 3.65. The molecule has 4 rings (SSSR count). The number of ether oxygens (including phenoxy) is 2. The summed E-state index contributed by atoms with van der Waals surface area (Å²) in [5, 5.41) is 0. The lowest BCUT2D eigenvalue weighted by molar-refractivity contribution is -0.141. The van der Waals surface area contributed by atoms with E-state index in [9.17, 15) is 14.0 Å². The molecule has 1 aromatic heterocycles. The summed E-state index contributed by atoms with van der Waals surface area (Å²) in [6, 6.07) is 16.3. The zero-order valence-electron chi connectivity index (χ0n) is 16.2. The molecule has 152 valence electrons. The van der Waals surface area contributed by atoms with Gasteiger partial charge in [-0.25, -0.2) is 14.0 Å². The second-order valence-corrected chi connectivity index (χ2v) is 7.73. The fourth-order valence-electron chi connectivity index (χ4n) is 2.92. The van der Waals surface area contributed by atoms with Crippen LogP contribution in [0.5, 0.6) is 11.5 Å². The summed E-state index contributed by atoms with van der Waals surface area (Å²) in [5.41, 5.74) is 3.03. The average molecular weight is 424 g/mol. The van der Waals surface area contributed by atoms with Crippen LogP contribution in [0.15, 0.2) is 69.9 Å². The molecule has 7 heteroatoms. The van der Waals surface area contributed by atoms with Gasteiger partial charge in [-0.05, 0) is 49.7 Å². The molecule has 0 saturated heterocycles. The molecule has 0 amide bonds. The zero-order chi connectivity index (χ0) is 21.3. The number of fused-ring (bicyclic) bond motifs is 1. The zero-order valence-corrected chi connectivity index (χ0v) is 17.0. The van der Waals surface area contributed by atoms with Gasteiger partial charge in [0.05, 0.1) is 4.70 Å². The highest BCUT2D eigenvalue weighted by Gasteiger charge is 2.20. The van der Waals surface area contributed by atoms with E-state index in [2.05, 4.69) is 0 Å². The van der Waals surface area contributed by atoms with Crippen molar-refractivity contribution >= 4 is 27.6 Å². The first-order chi connectivity index (χ1) is 14.4. The molecule has 3 aromatic carbocycles. The number of hydrogen-bond donors (Lipinski definition) is 0. The Morgan fingerprint density at radius 2 is 1.73 bits per heavy atom. The summed E-state index contributed by atoms with van der Waals surface area (Å²) in [7, 11) is 0. The van der Waals surface area contributed by atoms with Gasteiger partial charge in [-0.2, -0.15) is 0 Å². The van der Waals surface area contributed by atoms with Crippen molar-refractivity contribution in [2.75, 3.05) is 0 Å². The van der Waals surface area contributed by atoms with E-state index in [4.69, 9.17) is 13.9 Å². The number of esters is 1. The first kappa shape index (κ1) is 19.8. The maximum Gasteiger partial charge on any atom is 0.396 e. The van der Waals surface area contributed by atoms with Crippen molar-refractivity contribution in [3.63, 3.8) is 0 Å². The normalized spacial score (nSPS) is 12.0. The van der Waals surface area contributed by atoms with Crippen molar-refractivity contribution < 1.29 is 23.1 Å². The van der Waals surface area contributed by atoms with E-state index in [1.807, 2.05) is 31.2 Å². The minimum Gasteiger partial charge on any atom is -0.479 e. The van der Waals surface area contributed by atoms with Crippen LogP contribution in [-0.2, 0) is 4.79 Å². The highest BCUT2D eigenvalue weighted by molar-refractivity contribution is 7.16. The van der Waals surface area contributed by atoms with Gasteiger partial charge in [0.2, 0.25) is 0 Å². The first-order valence-electron chi connectivity index (χ1n) is 9.18. The molecule has 0 N–H and O–H groups in total. The summed E-state index contributed by atoms with van der Waals surface area (Å²) < 4.78 is 30.0. The molecule has 1 heterocycles. The summed E-state index contributed by atoms with van der Waals surface area (Å²) in [4.78, 5) is 23.9. The Balaban J connectivity index is 1.62. The lowest BCUT2D eigenvalue weighted by Gasteiger charge is -2.14. The molecule has 0 fully saturated rings. The number of carbonyl (C=O) groups is 1. The Morgan fingerprint density at radius 3 is 2.43 bits per heavy atom. The summed E-state index contributed by atoms with van der Waals surface area (Å²) in [6.07, 6.45) is -0.919. The molecule has 0 radical (unpaired) electrons. The third-order valence-corrected chi connectivity index (χ3v) is 5.22. The SMILES string of the molecule is Cc1ccc(-c2cc(OC(=O)[C@H](C)Oc3ccc(F)cc3)cc3sc(=O)oc23)cc1. The maximum atomic E-state index is 13.0. The van der Waals surface area contributed by atoms with Crippen LogP contribution in [0.1, 0.15) is 12.5 Å². The Kier molecular flexibility index (Phi) is 5.37. The number of aryl methyl sites for hydroxylation is 1. The third-order valence-electron chi connectivity index (χ3n) is 4.45. The molecule has 0 aliphatic heterocycles. The quantitative estimate of drug-likeness (QED) is 0.320. The number of carbonyl (C=O) groups excluding carboxylic acids is 1. The first-order valence-corrected chi connectivity index (χ1v) is 9.99. The molecular weight excluding hydrogens is 407 g/mol.